The maximum atomic E-state index is 5.28. The van der Waals surface area contributed by atoms with Crippen LogP contribution >= 0.6 is 12.2 Å². The number of aliphatic imine (C=N–C) groups is 1. The first kappa shape index (κ1) is 12.0. The molecule has 17 heavy (non-hydrogen) atoms. The lowest BCUT2D eigenvalue weighted by atomic mass is 10.3. The summed E-state index contributed by atoms with van der Waals surface area (Å²) >= 11 is 5.28. The molecule has 4 heteroatoms. The molecule has 0 N–H and O–H groups in total. The summed E-state index contributed by atoms with van der Waals surface area (Å²) in [7, 11) is 1.98. The Morgan fingerprint density at radius 2 is 1.94 bits per heavy atom. The largest absolute Gasteiger partial charge is 0.347 e. The standard InChI is InChI=1S/C13H17N3S/c1-15(12-7-3-2-4-8-12)11-14-13(17)16-9-5-6-10-16/h2-4,7-8,11H,5-6,9-10H2,1H3/b14-11+. The van der Waals surface area contributed by atoms with Crippen LogP contribution in [0.3, 0.4) is 0 Å². The maximum absolute atomic E-state index is 5.28. The molecule has 1 aliphatic rings. The Kier molecular flexibility index (Phi) is 4.09. The van der Waals surface area contributed by atoms with Crippen LogP contribution in [-0.4, -0.2) is 36.5 Å². The monoisotopic (exact) mass is 247 g/mol. The second-order valence-corrected chi connectivity index (χ2v) is 4.53. The lowest BCUT2D eigenvalue weighted by molar-refractivity contribution is 0.524. The van der Waals surface area contributed by atoms with E-state index < -0.39 is 0 Å². The van der Waals surface area contributed by atoms with Gasteiger partial charge in [0.1, 0.15) is 0 Å². The van der Waals surface area contributed by atoms with Gasteiger partial charge in [0.25, 0.3) is 0 Å². The Bertz CT molecular complexity index is 396. The zero-order valence-corrected chi connectivity index (χ0v) is 10.9. The lowest BCUT2D eigenvalue weighted by Gasteiger charge is -2.16. The molecule has 0 spiro atoms. The third-order valence-corrected chi connectivity index (χ3v) is 3.25. The highest BCUT2D eigenvalue weighted by atomic mass is 32.1. The van der Waals surface area contributed by atoms with Gasteiger partial charge in [-0.2, -0.15) is 0 Å². The molecule has 1 saturated heterocycles. The summed E-state index contributed by atoms with van der Waals surface area (Å²) < 4.78 is 0. The summed E-state index contributed by atoms with van der Waals surface area (Å²) in [4.78, 5) is 8.47. The molecule has 1 aromatic rings. The molecule has 0 aromatic heterocycles. The summed E-state index contributed by atoms with van der Waals surface area (Å²) in [6.45, 7) is 2.09. The summed E-state index contributed by atoms with van der Waals surface area (Å²) in [5.41, 5.74) is 1.11. The molecule has 0 saturated carbocycles. The first-order chi connectivity index (χ1) is 8.27. The Balaban J connectivity index is 1.93. The molecule has 90 valence electrons. The molecule has 1 aromatic carbocycles. The number of benzene rings is 1. The van der Waals surface area contributed by atoms with E-state index in [0.29, 0.717) is 5.11 Å². The minimum absolute atomic E-state index is 0.699. The average molecular weight is 247 g/mol. The molecule has 0 atom stereocenters. The third-order valence-electron chi connectivity index (χ3n) is 2.88. The highest BCUT2D eigenvalue weighted by Gasteiger charge is 2.13. The molecule has 1 aliphatic heterocycles. The first-order valence-corrected chi connectivity index (χ1v) is 6.29. The van der Waals surface area contributed by atoms with E-state index in [9.17, 15) is 0 Å². The van der Waals surface area contributed by atoms with Crippen LogP contribution < -0.4 is 4.90 Å². The second kappa shape index (κ2) is 5.77. The number of anilines is 1. The van der Waals surface area contributed by atoms with Crippen molar-refractivity contribution >= 4 is 29.4 Å². The van der Waals surface area contributed by atoms with Crippen LogP contribution in [0.4, 0.5) is 5.69 Å². The van der Waals surface area contributed by atoms with Crippen LogP contribution in [0, 0.1) is 0 Å². The third kappa shape index (κ3) is 3.27. The second-order valence-electron chi connectivity index (χ2n) is 4.17. The molecular weight excluding hydrogens is 230 g/mol. The van der Waals surface area contributed by atoms with Crippen molar-refractivity contribution in [3.05, 3.63) is 30.3 Å². The molecular formula is C13H17N3S. The quantitative estimate of drug-likeness (QED) is 0.455. The molecule has 0 amide bonds. The average Bonchev–Trinajstić information content (AvgIpc) is 2.90. The van der Waals surface area contributed by atoms with Crippen LogP contribution in [0.5, 0.6) is 0 Å². The molecule has 1 fully saturated rings. The van der Waals surface area contributed by atoms with Crippen molar-refractivity contribution in [3.63, 3.8) is 0 Å². The van der Waals surface area contributed by atoms with Crippen molar-refractivity contribution in [1.29, 1.82) is 0 Å². The van der Waals surface area contributed by atoms with E-state index in [1.54, 1.807) is 6.34 Å². The summed E-state index contributed by atoms with van der Waals surface area (Å²) in [5, 5.41) is 0.699. The Hall–Kier alpha value is -1.42. The van der Waals surface area contributed by atoms with E-state index >= 15 is 0 Å². The molecule has 0 bridgehead atoms. The predicted octanol–water partition coefficient (Wildman–Crippen LogP) is 2.53. The maximum Gasteiger partial charge on any atom is 0.196 e. The van der Waals surface area contributed by atoms with E-state index in [1.807, 2.05) is 42.3 Å². The van der Waals surface area contributed by atoms with Gasteiger partial charge in [-0.15, -0.1) is 0 Å². The molecule has 0 radical (unpaired) electrons. The first-order valence-electron chi connectivity index (χ1n) is 5.88. The SMILES string of the molecule is CN(/C=N/C(=S)N1CCCC1)c1ccccc1. The van der Waals surface area contributed by atoms with Gasteiger partial charge in [-0.3, -0.25) is 0 Å². The van der Waals surface area contributed by atoms with Gasteiger partial charge >= 0.3 is 0 Å². The van der Waals surface area contributed by atoms with Gasteiger partial charge in [0.2, 0.25) is 0 Å². The normalized spacial score (nSPS) is 15.5. The van der Waals surface area contributed by atoms with E-state index in [4.69, 9.17) is 12.2 Å². The molecule has 0 aliphatic carbocycles. The minimum atomic E-state index is 0.699. The highest BCUT2D eigenvalue weighted by Crippen LogP contribution is 2.11. The summed E-state index contributed by atoms with van der Waals surface area (Å²) in [6, 6.07) is 10.1. The summed E-state index contributed by atoms with van der Waals surface area (Å²) in [6.07, 6.45) is 4.24. The fraction of sp³-hybridized carbons (Fsp3) is 0.385. The van der Waals surface area contributed by atoms with Crippen molar-refractivity contribution in [1.82, 2.24) is 4.90 Å². The van der Waals surface area contributed by atoms with E-state index in [-0.39, 0.29) is 0 Å². The number of hydrogen-bond donors (Lipinski definition) is 0. The van der Waals surface area contributed by atoms with Gasteiger partial charge in [-0.1, -0.05) is 18.2 Å². The molecule has 3 nitrogen and oxygen atoms in total. The van der Waals surface area contributed by atoms with Gasteiger partial charge in [-0.25, -0.2) is 4.99 Å². The molecule has 1 heterocycles. The zero-order valence-electron chi connectivity index (χ0n) is 10.0. The van der Waals surface area contributed by atoms with Gasteiger partial charge in [0.15, 0.2) is 5.11 Å². The van der Waals surface area contributed by atoms with Gasteiger partial charge in [-0.05, 0) is 37.2 Å². The van der Waals surface area contributed by atoms with Crippen molar-refractivity contribution in [3.8, 4) is 0 Å². The van der Waals surface area contributed by atoms with Crippen LogP contribution in [0.2, 0.25) is 0 Å². The fourth-order valence-electron chi connectivity index (χ4n) is 1.86. The summed E-state index contributed by atoms with van der Waals surface area (Å²) in [5.74, 6) is 0. The Morgan fingerprint density at radius 3 is 2.59 bits per heavy atom. The predicted molar refractivity (Wildman–Crippen MR) is 76.7 cm³/mol. The van der Waals surface area contributed by atoms with Crippen LogP contribution in [0.1, 0.15) is 12.8 Å². The zero-order chi connectivity index (χ0) is 12.1. The number of para-hydroxylation sites is 1. The number of likely N-dealkylation sites (tertiary alicyclic amines) is 1. The van der Waals surface area contributed by atoms with Crippen molar-refractivity contribution in [2.75, 3.05) is 25.0 Å². The fourth-order valence-corrected chi connectivity index (χ4v) is 2.09. The van der Waals surface area contributed by atoms with Gasteiger partial charge < -0.3 is 9.80 Å². The van der Waals surface area contributed by atoms with E-state index in [0.717, 1.165) is 18.8 Å². The number of thiocarbonyl (C=S) groups is 1. The van der Waals surface area contributed by atoms with Crippen molar-refractivity contribution in [2.45, 2.75) is 12.8 Å². The molecule has 0 unspecified atom stereocenters. The van der Waals surface area contributed by atoms with E-state index in [1.165, 1.54) is 12.8 Å². The number of rotatable bonds is 2. The van der Waals surface area contributed by atoms with Crippen LogP contribution in [-0.2, 0) is 0 Å². The smallest absolute Gasteiger partial charge is 0.196 e. The number of hydrogen-bond acceptors (Lipinski definition) is 1. The van der Waals surface area contributed by atoms with Crippen LogP contribution in [0.15, 0.2) is 35.3 Å². The Morgan fingerprint density at radius 1 is 1.29 bits per heavy atom. The van der Waals surface area contributed by atoms with Crippen LogP contribution in [0.25, 0.3) is 0 Å². The highest BCUT2D eigenvalue weighted by molar-refractivity contribution is 7.80. The van der Waals surface area contributed by atoms with Gasteiger partial charge in [0.05, 0.1) is 6.34 Å². The topological polar surface area (TPSA) is 18.8 Å². The minimum Gasteiger partial charge on any atom is -0.347 e. The van der Waals surface area contributed by atoms with E-state index in [2.05, 4.69) is 9.89 Å². The lowest BCUT2D eigenvalue weighted by Crippen LogP contribution is -2.25. The van der Waals surface area contributed by atoms with Crippen molar-refractivity contribution < 1.29 is 0 Å². The Labute approximate surface area is 108 Å². The van der Waals surface area contributed by atoms with Gasteiger partial charge in [0, 0.05) is 25.8 Å². The number of nitrogens with zero attached hydrogens (tertiary/aromatic N) is 3. The molecule has 2 rings (SSSR count). The van der Waals surface area contributed by atoms with Crippen molar-refractivity contribution in [2.24, 2.45) is 4.99 Å².